The van der Waals surface area contributed by atoms with Crippen molar-refractivity contribution in [3.63, 3.8) is 0 Å². The smallest absolute Gasteiger partial charge is 0.417 e. The highest BCUT2D eigenvalue weighted by Gasteiger charge is 2.33. The van der Waals surface area contributed by atoms with Gasteiger partial charge in [-0.2, -0.15) is 18.3 Å². The minimum atomic E-state index is -4.46. The monoisotopic (exact) mass is 473 g/mol. The van der Waals surface area contributed by atoms with E-state index in [0.717, 1.165) is 23.4 Å². The number of primary amides is 1. The van der Waals surface area contributed by atoms with Crippen molar-refractivity contribution in [2.45, 2.75) is 37.9 Å². The van der Waals surface area contributed by atoms with E-state index in [9.17, 15) is 22.8 Å². The molecule has 2 aliphatic heterocycles. The number of aromatic nitrogens is 1. The molecule has 11 heteroatoms. The van der Waals surface area contributed by atoms with Gasteiger partial charge in [0.1, 0.15) is 5.75 Å². The Balaban J connectivity index is 1.50. The third-order valence-electron chi connectivity index (χ3n) is 5.62. The van der Waals surface area contributed by atoms with Crippen molar-refractivity contribution >= 4 is 23.7 Å². The Bertz CT molecular complexity index is 1150. The molecule has 34 heavy (non-hydrogen) atoms. The molecule has 3 N–H and O–H groups in total. The molecular weight excluding hydrogens is 451 g/mol. The van der Waals surface area contributed by atoms with Gasteiger partial charge >= 0.3 is 12.2 Å². The van der Waals surface area contributed by atoms with Crippen molar-refractivity contribution in [3.8, 4) is 11.6 Å². The fraction of sp³-hybridized carbons (Fsp3) is 0.304. The van der Waals surface area contributed by atoms with Gasteiger partial charge in [0.2, 0.25) is 11.8 Å². The number of piperidine rings is 1. The molecule has 3 heterocycles. The number of rotatable bonds is 4. The van der Waals surface area contributed by atoms with Crippen LogP contribution in [0.4, 0.5) is 18.0 Å². The summed E-state index contributed by atoms with van der Waals surface area (Å²) in [6.45, 7) is 0.421. The maximum Gasteiger partial charge on any atom is 0.417 e. The third-order valence-corrected chi connectivity index (χ3v) is 5.62. The van der Waals surface area contributed by atoms with Gasteiger partial charge in [-0.1, -0.05) is 23.8 Å². The number of carbonyl (C=O) groups excluding carboxylic acids is 2. The first kappa shape index (κ1) is 23.3. The molecule has 1 aromatic carbocycles. The minimum absolute atomic E-state index is 0.0463. The number of hydrazone groups is 1. The second kappa shape index (κ2) is 9.54. The molecule has 2 aliphatic rings. The maximum atomic E-state index is 12.7. The Labute approximate surface area is 193 Å². The number of benzene rings is 1. The number of likely N-dealkylation sites (tertiary alicyclic amines) is 1. The molecule has 1 saturated heterocycles. The molecule has 0 saturated carbocycles. The molecule has 1 unspecified atom stereocenters. The van der Waals surface area contributed by atoms with Crippen LogP contribution in [0.3, 0.4) is 0 Å². The summed E-state index contributed by atoms with van der Waals surface area (Å²) in [6, 6.07) is 8.27. The number of alkyl halides is 3. The van der Waals surface area contributed by atoms with Crippen LogP contribution in [-0.4, -0.2) is 40.1 Å². The standard InChI is InChI=1S/C23H22F3N5O3/c24-23(25,26)16-4-7-21(28-13-16)34-17-3-1-2-14(11-17)10-15-8-9-31(22(27)33)19(12-15)18-5-6-20(32)30-29-18/h1-4,7,10-11,13,19H,5-6,8-9,12H2,(H2,27,33)(H,30,32). The number of hydrogen-bond acceptors (Lipinski definition) is 5. The van der Waals surface area contributed by atoms with Gasteiger partial charge < -0.3 is 15.4 Å². The lowest BCUT2D eigenvalue weighted by molar-refractivity contribution is -0.137. The number of nitrogens with one attached hydrogen (secondary N) is 1. The van der Waals surface area contributed by atoms with E-state index in [4.69, 9.17) is 10.5 Å². The van der Waals surface area contributed by atoms with Crippen molar-refractivity contribution in [2.24, 2.45) is 10.8 Å². The minimum Gasteiger partial charge on any atom is -0.439 e. The fourth-order valence-electron chi connectivity index (χ4n) is 3.93. The molecule has 0 radical (unpaired) electrons. The zero-order chi connectivity index (χ0) is 24.3. The van der Waals surface area contributed by atoms with E-state index in [1.807, 2.05) is 12.1 Å². The van der Waals surface area contributed by atoms with Gasteiger partial charge in [0, 0.05) is 25.2 Å². The maximum absolute atomic E-state index is 12.7. The number of pyridine rings is 1. The second-order valence-electron chi connectivity index (χ2n) is 8.00. The van der Waals surface area contributed by atoms with Crippen molar-refractivity contribution in [1.29, 1.82) is 0 Å². The molecule has 3 amide bonds. The van der Waals surface area contributed by atoms with E-state index < -0.39 is 17.8 Å². The van der Waals surface area contributed by atoms with Crippen molar-refractivity contribution in [2.75, 3.05) is 6.54 Å². The van der Waals surface area contributed by atoms with Crippen LogP contribution in [0, 0.1) is 0 Å². The van der Waals surface area contributed by atoms with Gasteiger partial charge in [0.25, 0.3) is 0 Å². The molecule has 4 rings (SSSR count). The van der Waals surface area contributed by atoms with E-state index in [1.54, 1.807) is 23.1 Å². The van der Waals surface area contributed by atoms with Crippen LogP contribution in [0.1, 0.15) is 36.8 Å². The highest BCUT2D eigenvalue weighted by Crippen LogP contribution is 2.31. The number of carbonyl (C=O) groups is 2. The Morgan fingerprint density at radius 3 is 2.68 bits per heavy atom. The topological polar surface area (TPSA) is 110 Å². The van der Waals surface area contributed by atoms with Gasteiger partial charge in [-0.3, -0.25) is 4.79 Å². The average Bonchev–Trinajstić information content (AvgIpc) is 2.79. The van der Waals surface area contributed by atoms with E-state index >= 15 is 0 Å². The number of hydrogen-bond donors (Lipinski definition) is 2. The number of urea groups is 1. The molecule has 2 aromatic rings. The zero-order valence-electron chi connectivity index (χ0n) is 18.0. The molecule has 0 bridgehead atoms. The van der Waals surface area contributed by atoms with E-state index in [-0.39, 0.29) is 17.8 Å². The summed E-state index contributed by atoms with van der Waals surface area (Å²) in [5.41, 5.74) is 9.76. The summed E-state index contributed by atoms with van der Waals surface area (Å²) in [7, 11) is 0. The molecule has 8 nitrogen and oxygen atoms in total. The summed E-state index contributed by atoms with van der Waals surface area (Å²) in [4.78, 5) is 28.7. The Kier molecular flexibility index (Phi) is 6.53. The number of nitrogens with two attached hydrogens (primary N) is 1. The van der Waals surface area contributed by atoms with Crippen LogP contribution < -0.4 is 15.9 Å². The number of ether oxygens (including phenoxy) is 1. The predicted octanol–water partition coefficient (Wildman–Crippen LogP) is 4.09. The van der Waals surface area contributed by atoms with Crippen molar-refractivity contribution in [1.82, 2.24) is 15.3 Å². The molecule has 0 aliphatic carbocycles. The number of amides is 3. The van der Waals surface area contributed by atoms with Gasteiger partial charge in [0.05, 0.1) is 17.3 Å². The second-order valence-corrected chi connectivity index (χ2v) is 8.00. The van der Waals surface area contributed by atoms with E-state index in [2.05, 4.69) is 15.5 Å². The van der Waals surface area contributed by atoms with Gasteiger partial charge in [-0.05, 0) is 43.0 Å². The van der Waals surface area contributed by atoms with E-state index in [0.29, 0.717) is 43.7 Å². The Morgan fingerprint density at radius 1 is 1.21 bits per heavy atom. The number of nitrogens with zero attached hydrogens (tertiary/aromatic N) is 3. The normalized spacial score (nSPS) is 20.0. The SMILES string of the molecule is NC(=O)N1CCC(=Cc2cccc(Oc3ccc(C(F)(F)F)cn3)c2)CC1C1=NNC(=O)CC1. The highest BCUT2D eigenvalue weighted by molar-refractivity contribution is 5.98. The van der Waals surface area contributed by atoms with Crippen molar-refractivity contribution in [3.05, 3.63) is 59.3 Å². The molecule has 178 valence electrons. The Morgan fingerprint density at radius 2 is 2.03 bits per heavy atom. The molecular formula is C23H22F3N5O3. The van der Waals surface area contributed by atoms with Gasteiger partial charge in [0.15, 0.2) is 0 Å². The van der Waals surface area contributed by atoms with Crippen LogP contribution in [0.5, 0.6) is 11.6 Å². The highest BCUT2D eigenvalue weighted by atomic mass is 19.4. The van der Waals surface area contributed by atoms with Crippen molar-refractivity contribution < 1.29 is 27.5 Å². The molecule has 1 atom stereocenters. The first-order valence-corrected chi connectivity index (χ1v) is 10.6. The fourth-order valence-corrected chi connectivity index (χ4v) is 3.93. The first-order chi connectivity index (χ1) is 16.2. The summed E-state index contributed by atoms with van der Waals surface area (Å²) < 4.78 is 43.8. The molecule has 1 fully saturated rings. The van der Waals surface area contributed by atoms with Gasteiger partial charge in [-0.25, -0.2) is 15.2 Å². The molecule has 1 aromatic heterocycles. The quantitative estimate of drug-likeness (QED) is 0.697. The first-order valence-electron chi connectivity index (χ1n) is 10.6. The van der Waals surface area contributed by atoms with Crippen LogP contribution in [0.25, 0.3) is 6.08 Å². The Hall–Kier alpha value is -3.89. The number of halogens is 3. The van der Waals surface area contributed by atoms with Gasteiger partial charge in [-0.15, -0.1) is 0 Å². The molecule has 0 spiro atoms. The van der Waals surface area contributed by atoms with Crippen LogP contribution in [-0.2, 0) is 11.0 Å². The summed E-state index contributed by atoms with van der Waals surface area (Å²) >= 11 is 0. The zero-order valence-corrected chi connectivity index (χ0v) is 18.0. The van der Waals surface area contributed by atoms with Crippen LogP contribution >= 0.6 is 0 Å². The summed E-state index contributed by atoms with van der Waals surface area (Å²) in [5.74, 6) is 0.303. The van der Waals surface area contributed by atoms with Crippen LogP contribution in [0.2, 0.25) is 0 Å². The average molecular weight is 473 g/mol. The van der Waals surface area contributed by atoms with E-state index in [1.165, 1.54) is 6.07 Å². The largest absolute Gasteiger partial charge is 0.439 e. The lowest BCUT2D eigenvalue weighted by atomic mass is 9.90. The van der Waals surface area contributed by atoms with Crippen LogP contribution in [0.15, 0.2) is 53.3 Å². The predicted molar refractivity (Wildman–Crippen MR) is 118 cm³/mol. The summed E-state index contributed by atoms with van der Waals surface area (Å²) in [5, 5.41) is 4.13. The third kappa shape index (κ3) is 5.53. The lowest BCUT2D eigenvalue weighted by Gasteiger charge is -2.37. The summed E-state index contributed by atoms with van der Waals surface area (Å²) in [6.07, 6.45) is 0.127. The lowest BCUT2D eigenvalue weighted by Crippen LogP contribution is -2.52.